The van der Waals surface area contributed by atoms with E-state index in [0.717, 1.165) is 30.8 Å². The minimum atomic E-state index is -3.22. The van der Waals surface area contributed by atoms with Crippen molar-refractivity contribution >= 4 is 23.0 Å². The summed E-state index contributed by atoms with van der Waals surface area (Å²) in [5.41, 5.74) is 4.45. The van der Waals surface area contributed by atoms with Crippen LogP contribution < -0.4 is 10.6 Å². The van der Waals surface area contributed by atoms with E-state index in [0.29, 0.717) is 63.6 Å². The first kappa shape index (κ1) is 36.4. The number of alkyl carbamates (subject to hydrolysis) is 1. The molecule has 3 fully saturated rings. The summed E-state index contributed by atoms with van der Waals surface area (Å²) in [6.07, 6.45) is 3.30. The lowest BCUT2D eigenvalue weighted by Gasteiger charge is -2.35. The minimum absolute atomic E-state index is 0.0332. The number of amides is 2. The highest BCUT2D eigenvalue weighted by atomic mass is 19.3. The smallest absolute Gasteiger partial charge is 0.407 e. The van der Waals surface area contributed by atoms with Crippen LogP contribution in [0.1, 0.15) is 66.6 Å². The first-order valence-corrected chi connectivity index (χ1v) is 19.5. The van der Waals surface area contributed by atoms with Crippen molar-refractivity contribution in [2.75, 3.05) is 33.4 Å². The molecule has 3 atom stereocenters. The highest BCUT2D eigenvalue weighted by Crippen LogP contribution is 2.53. The largest absolute Gasteiger partial charge is 0.453 e. The van der Waals surface area contributed by atoms with Crippen LogP contribution in [0, 0.1) is 0 Å². The molecule has 0 bridgehead atoms. The Morgan fingerprint density at radius 1 is 0.931 bits per heavy atom. The number of fused-ring (bicyclic) bond motifs is 4. The quantitative estimate of drug-likeness (QED) is 0.131. The van der Waals surface area contributed by atoms with Crippen LogP contribution in [0.25, 0.3) is 44.5 Å². The third-order valence-electron chi connectivity index (χ3n) is 12.1. The molecule has 2 unspecified atom stereocenters. The first-order valence-electron chi connectivity index (χ1n) is 19.5. The van der Waals surface area contributed by atoms with Crippen LogP contribution in [-0.2, 0) is 30.5 Å². The van der Waals surface area contributed by atoms with Crippen LogP contribution in [0.2, 0.25) is 0 Å². The second kappa shape index (κ2) is 13.6. The van der Waals surface area contributed by atoms with Crippen molar-refractivity contribution in [3.05, 3.63) is 119 Å². The second-order valence-corrected chi connectivity index (χ2v) is 15.7. The Bertz CT molecular complexity index is 2580. The lowest BCUT2D eigenvalue weighted by atomic mass is 9.94. The zero-order valence-electron chi connectivity index (χ0n) is 31.9. The Kier molecular flexibility index (Phi) is 8.51. The van der Waals surface area contributed by atoms with Gasteiger partial charge in [0.05, 0.1) is 55.8 Å². The van der Waals surface area contributed by atoms with Gasteiger partial charge in [-0.15, -0.1) is 0 Å². The maximum atomic E-state index is 16.4. The van der Waals surface area contributed by atoms with Crippen LogP contribution in [0.5, 0.6) is 0 Å². The zero-order chi connectivity index (χ0) is 39.8. The van der Waals surface area contributed by atoms with Crippen LogP contribution >= 0.6 is 0 Å². The molecule has 3 aliphatic heterocycles. The maximum Gasteiger partial charge on any atom is 0.407 e. The molecule has 4 aromatic carbocycles. The fraction of sp³-hybridized carbons (Fsp3) is 0.318. The molecule has 12 nitrogen and oxygen atoms in total. The topological polar surface area (TPSA) is 146 Å². The molecule has 5 heterocycles. The molecule has 14 heteroatoms. The van der Waals surface area contributed by atoms with Gasteiger partial charge in [0.25, 0.3) is 11.8 Å². The number of nitrogens with one attached hydrogen (secondary N) is 4. The van der Waals surface area contributed by atoms with Crippen molar-refractivity contribution in [3.8, 4) is 33.5 Å². The van der Waals surface area contributed by atoms with Crippen molar-refractivity contribution in [3.63, 3.8) is 0 Å². The van der Waals surface area contributed by atoms with E-state index in [2.05, 4.69) is 25.6 Å². The van der Waals surface area contributed by atoms with E-state index in [-0.39, 0.29) is 36.0 Å². The van der Waals surface area contributed by atoms with Crippen LogP contribution in [-0.4, -0.2) is 76.0 Å². The molecule has 10 rings (SSSR count). The Balaban J connectivity index is 0.964. The fourth-order valence-electron chi connectivity index (χ4n) is 9.17. The number of hydrogen-bond donors (Lipinski definition) is 4. The molecule has 0 saturated carbocycles. The van der Waals surface area contributed by atoms with E-state index in [9.17, 15) is 9.59 Å². The predicted molar refractivity (Wildman–Crippen MR) is 211 cm³/mol. The summed E-state index contributed by atoms with van der Waals surface area (Å²) >= 11 is 0. The van der Waals surface area contributed by atoms with E-state index >= 15 is 8.78 Å². The van der Waals surface area contributed by atoms with E-state index in [1.807, 2.05) is 43.3 Å². The van der Waals surface area contributed by atoms with Gasteiger partial charge < -0.3 is 39.7 Å². The molecule has 1 spiro atoms. The molecule has 4 N–H and O–H groups in total. The van der Waals surface area contributed by atoms with Crippen LogP contribution in [0.3, 0.4) is 0 Å². The number of rotatable bonds is 7. The highest BCUT2D eigenvalue weighted by molar-refractivity contribution is 5.89. The number of halogens is 2. The summed E-state index contributed by atoms with van der Waals surface area (Å²) in [5, 5.41) is 6.13. The molecular formula is C44H41F2N7O5. The molecule has 2 amide bonds. The lowest BCUT2D eigenvalue weighted by molar-refractivity contribution is -0.153. The Morgan fingerprint density at radius 3 is 2.36 bits per heavy atom. The summed E-state index contributed by atoms with van der Waals surface area (Å²) in [6.45, 7) is 3.68. The van der Waals surface area contributed by atoms with Gasteiger partial charge in [-0.2, -0.15) is 8.78 Å². The van der Waals surface area contributed by atoms with Crippen molar-refractivity contribution in [2.45, 2.75) is 55.5 Å². The van der Waals surface area contributed by atoms with Crippen molar-refractivity contribution in [1.82, 2.24) is 35.5 Å². The van der Waals surface area contributed by atoms with Gasteiger partial charge in [-0.25, -0.2) is 14.8 Å². The zero-order valence-corrected chi connectivity index (χ0v) is 31.9. The number of H-pyrrole nitrogens is 2. The summed E-state index contributed by atoms with van der Waals surface area (Å²) in [6, 6.07) is 24.0. The number of aromatic nitrogens is 4. The molecule has 296 valence electrons. The highest BCUT2D eigenvalue weighted by Gasteiger charge is 2.59. The third-order valence-corrected chi connectivity index (χ3v) is 12.1. The average Bonchev–Trinajstić information content (AvgIpc) is 4.11. The number of likely N-dealkylation sites (tertiary alicyclic amines) is 1. The molecular weight excluding hydrogens is 745 g/mol. The van der Waals surface area contributed by atoms with Crippen LogP contribution in [0.15, 0.2) is 91.1 Å². The van der Waals surface area contributed by atoms with Gasteiger partial charge in [-0.05, 0) is 78.4 Å². The average molecular weight is 786 g/mol. The van der Waals surface area contributed by atoms with Gasteiger partial charge >= 0.3 is 6.09 Å². The molecule has 0 radical (unpaired) electrons. The van der Waals surface area contributed by atoms with Gasteiger partial charge in [0, 0.05) is 23.1 Å². The number of alkyl halides is 2. The van der Waals surface area contributed by atoms with Crippen molar-refractivity contribution in [1.29, 1.82) is 0 Å². The van der Waals surface area contributed by atoms with Gasteiger partial charge in [0.1, 0.15) is 23.2 Å². The van der Waals surface area contributed by atoms with Gasteiger partial charge in [0.2, 0.25) is 0 Å². The maximum absolute atomic E-state index is 16.4. The summed E-state index contributed by atoms with van der Waals surface area (Å²) < 4.78 is 49.9. The van der Waals surface area contributed by atoms with Gasteiger partial charge in [-0.3, -0.25) is 4.79 Å². The normalized spacial score (nSPS) is 22.0. The van der Waals surface area contributed by atoms with Crippen molar-refractivity contribution in [2.24, 2.45) is 0 Å². The van der Waals surface area contributed by atoms with E-state index in [4.69, 9.17) is 19.2 Å². The minimum Gasteiger partial charge on any atom is -0.453 e. The number of benzene rings is 4. The Morgan fingerprint density at radius 2 is 1.64 bits per heavy atom. The number of methoxy groups -OCH3 is 1. The third kappa shape index (κ3) is 5.88. The number of ether oxygens (including phenoxy) is 3. The SMILES string of the molecule is COC(=O)N[C@@H](C(=O)N1CC2(CC1(C)c1nc3ccc(-c4ccc5c(c4)C(F)(F)c4cc(-c6cnc(C7CCCN7)[nH]6)ccc4-5)cc3[nH]1)OCCO2)c1ccccc1. The number of aromatic amines is 2. The standard InChI is InChI=1S/C44H41F2N7O5/c1-42(23-43(57-17-18-58-43)24-53(42)39(54)37(52-41(55)56-2)25-7-4-3-5-8-25)40-50-33-15-12-27(21-35(33)51-40)26-10-13-29-30-14-11-28(20-32(30)44(45,46)31(29)19-26)36-22-48-38(49-36)34-9-6-16-47-34/h3-5,7-8,10-15,19-22,34,37,47H,6,9,16-18,23-24H2,1-2H3,(H,48,49)(H,50,51)(H,52,55)/t34?,37-,42?/m1/s1. The molecule has 58 heavy (non-hydrogen) atoms. The number of nitrogens with zero attached hydrogens (tertiary/aromatic N) is 3. The van der Waals surface area contributed by atoms with E-state index < -0.39 is 29.4 Å². The lowest BCUT2D eigenvalue weighted by Crippen LogP contribution is -2.49. The van der Waals surface area contributed by atoms with E-state index in [1.54, 1.807) is 59.6 Å². The predicted octanol–water partition coefficient (Wildman–Crippen LogP) is 7.45. The number of carbonyl (C=O) groups is 2. The van der Waals surface area contributed by atoms with Gasteiger partial charge in [-0.1, -0.05) is 60.7 Å². The summed E-state index contributed by atoms with van der Waals surface area (Å²) in [4.78, 5) is 45.0. The second-order valence-electron chi connectivity index (χ2n) is 15.7. The Labute approximate surface area is 332 Å². The van der Waals surface area contributed by atoms with Crippen LogP contribution in [0.4, 0.5) is 13.6 Å². The van der Waals surface area contributed by atoms with Crippen molar-refractivity contribution < 1.29 is 32.6 Å². The monoisotopic (exact) mass is 785 g/mol. The molecule has 4 aliphatic rings. The number of carbonyl (C=O) groups excluding carboxylic acids is 2. The Hall–Kier alpha value is -5.96. The molecule has 3 saturated heterocycles. The first-order chi connectivity index (χ1) is 28.0. The number of imidazole rings is 2. The summed E-state index contributed by atoms with van der Waals surface area (Å²) in [7, 11) is 1.24. The molecule has 6 aromatic rings. The molecule has 2 aromatic heterocycles. The van der Waals surface area contributed by atoms with Gasteiger partial charge in [0.15, 0.2) is 5.79 Å². The fourth-order valence-corrected chi connectivity index (χ4v) is 9.17. The summed E-state index contributed by atoms with van der Waals surface area (Å²) in [5.74, 6) is -3.36. The molecule has 1 aliphatic carbocycles. The van der Waals surface area contributed by atoms with E-state index in [1.165, 1.54) is 7.11 Å². The number of hydrogen-bond acceptors (Lipinski definition) is 8.